The fourth-order valence-corrected chi connectivity index (χ4v) is 4.02. The molecule has 0 aliphatic rings. The lowest BCUT2D eigenvalue weighted by Crippen LogP contribution is -2.15. The van der Waals surface area contributed by atoms with Gasteiger partial charge in [-0.3, -0.25) is 9.36 Å². The van der Waals surface area contributed by atoms with Crippen LogP contribution in [0.4, 0.5) is 5.69 Å². The van der Waals surface area contributed by atoms with Crippen molar-refractivity contribution < 1.29 is 19.0 Å². The number of nitrogens with zero attached hydrogens (tertiary/aromatic N) is 2. The van der Waals surface area contributed by atoms with Gasteiger partial charge in [0.1, 0.15) is 0 Å². The van der Waals surface area contributed by atoms with Crippen LogP contribution < -0.4 is 19.5 Å². The predicted molar refractivity (Wildman–Crippen MR) is 123 cm³/mol. The topological polar surface area (TPSA) is 74.6 Å². The molecule has 0 saturated carbocycles. The maximum Gasteiger partial charge on any atom is 0.234 e. The van der Waals surface area contributed by atoms with Crippen LogP contribution in [0.1, 0.15) is 25.3 Å². The van der Waals surface area contributed by atoms with Crippen LogP contribution in [0, 0.1) is 0 Å². The highest BCUT2D eigenvalue weighted by molar-refractivity contribution is 7.99. The van der Waals surface area contributed by atoms with E-state index in [-0.39, 0.29) is 11.7 Å². The Morgan fingerprint density at radius 3 is 2.39 bits per heavy atom. The minimum atomic E-state index is -0.161. The minimum Gasteiger partial charge on any atom is -0.493 e. The van der Waals surface area contributed by atoms with Crippen molar-refractivity contribution in [2.24, 2.45) is 0 Å². The number of ether oxygens (including phenoxy) is 3. The molecule has 1 amide bonds. The smallest absolute Gasteiger partial charge is 0.234 e. The lowest BCUT2D eigenvalue weighted by Gasteiger charge is -2.15. The van der Waals surface area contributed by atoms with Gasteiger partial charge < -0.3 is 19.5 Å². The maximum absolute atomic E-state index is 12.6. The van der Waals surface area contributed by atoms with Crippen molar-refractivity contribution in [3.63, 3.8) is 0 Å². The first-order valence-electron chi connectivity index (χ1n) is 9.83. The summed E-state index contributed by atoms with van der Waals surface area (Å²) in [5.41, 5.74) is 2.86. The molecule has 7 nitrogen and oxygen atoms in total. The molecule has 164 valence electrons. The fraction of sp³-hybridized carbons (Fsp3) is 0.304. The number of amides is 1. The molecule has 0 atom stereocenters. The van der Waals surface area contributed by atoms with Gasteiger partial charge in [-0.1, -0.05) is 43.8 Å². The average Bonchev–Trinajstić information content (AvgIpc) is 3.25. The number of carbonyl (C=O) groups is 1. The summed E-state index contributed by atoms with van der Waals surface area (Å²) in [6.45, 7) is 4.32. The third-order valence-corrected chi connectivity index (χ3v) is 5.67. The summed E-state index contributed by atoms with van der Waals surface area (Å²) in [6.07, 6.45) is 3.66. The normalized spacial score (nSPS) is 10.8. The number of anilines is 1. The van der Waals surface area contributed by atoms with Gasteiger partial charge in [-0.05, 0) is 17.5 Å². The summed E-state index contributed by atoms with van der Waals surface area (Å²) in [5, 5.41) is 3.64. The Balaban J connectivity index is 1.73. The van der Waals surface area contributed by atoms with E-state index in [4.69, 9.17) is 14.2 Å². The zero-order valence-electron chi connectivity index (χ0n) is 18.3. The Hall–Kier alpha value is -3.13. The Morgan fingerprint density at radius 1 is 1.10 bits per heavy atom. The van der Waals surface area contributed by atoms with E-state index in [1.54, 1.807) is 18.3 Å². The number of imidazole rings is 1. The van der Waals surface area contributed by atoms with E-state index in [1.807, 2.05) is 22.9 Å². The van der Waals surface area contributed by atoms with E-state index >= 15 is 0 Å². The molecule has 0 aliphatic heterocycles. The lowest BCUT2D eigenvalue weighted by atomic mass is 10.0. The number of thioether (sulfide) groups is 1. The van der Waals surface area contributed by atoms with Gasteiger partial charge in [0, 0.05) is 30.2 Å². The first-order valence-corrected chi connectivity index (χ1v) is 10.8. The summed E-state index contributed by atoms with van der Waals surface area (Å²) >= 11 is 1.38. The molecule has 3 rings (SSSR count). The van der Waals surface area contributed by atoms with E-state index in [0.717, 1.165) is 10.8 Å². The van der Waals surface area contributed by atoms with Crippen molar-refractivity contribution >= 4 is 23.4 Å². The molecule has 0 unspecified atom stereocenters. The van der Waals surface area contributed by atoms with Gasteiger partial charge >= 0.3 is 0 Å². The summed E-state index contributed by atoms with van der Waals surface area (Å²) in [5.74, 6) is 1.85. The highest BCUT2D eigenvalue weighted by atomic mass is 32.2. The number of nitrogens with one attached hydrogen (secondary N) is 1. The number of aromatic nitrogens is 2. The molecular weight excluding hydrogens is 414 g/mol. The van der Waals surface area contributed by atoms with Crippen molar-refractivity contribution in [3.8, 4) is 22.9 Å². The molecule has 1 aromatic heterocycles. The van der Waals surface area contributed by atoms with Crippen molar-refractivity contribution in [1.82, 2.24) is 9.55 Å². The second-order valence-corrected chi connectivity index (χ2v) is 7.99. The first kappa shape index (κ1) is 22.6. The van der Waals surface area contributed by atoms with Gasteiger partial charge in [-0.2, -0.15) is 0 Å². The van der Waals surface area contributed by atoms with Crippen molar-refractivity contribution in [3.05, 3.63) is 54.4 Å². The summed E-state index contributed by atoms with van der Waals surface area (Å²) < 4.78 is 18.0. The molecular formula is C23H27N3O4S. The van der Waals surface area contributed by atoms with Crippen LogP contribution in [0.5, 0.6) is 17.2 Å². The number of carbonyl (C=O) groups excluding carboxylic acids is 1. The van der Waals surface area contributed by atoms with Crippen LogP contribution in [0.15, 0.2) is 53.9 Å². The molecule has 0 fully saturated rings. The first-order chi connectivity index (χ1) is 15.0. The van der Waals surface area contributed by atoms with Gasteiger partial charge in [0.15, 0.2) is 16.7 Å². The van der Waals surface area contributed by atoms with E-state index in [9.17, 15) is 4.79 Å². The highest BCUT2D eigenvalue weighted by Crippen LogP contribution is 2.40. The third-order valence-electron chi connectivity index (χ3n) is 4.71. The Labute approximate surface area is 186 Å². The van der Waals surface area contributed by atoms with Crippen molar-refractivity contribution in [2.75, 3.05) is 32.4 Å². The molecule has 2 aromatic carbocycles. The molecule has 31 heavy (non-hydrogen) atoms. The van der Waals surface area contributed by atoms with E-state index < -0.39 is 0 Å². The standard InChI is InChI=1S/C23H27N3O4S/c1-15(2)17-8-6-7-9-18(17)26-11-10-24-23(26)31-14-21(27)25-16-12-19(28-3)22(30-5)20(13-16)29-4/h6-13,15H,14H2,1-5H3,(H,25,27). The fourth-order valence-electron chi connectivity index (χ4n) is 3.26. The maximum atomic E-state index is 12.6. The van der Waals surface area contributed by atoms with Gasteiger partial charge in [-0.25, -0.2) is 4.98 Å². The van der Waals surface area contributed by atoms with Crippen LogP contribution in [0.2, 0.25) is 0 Å². The lowest BCUT2D eigenvalue weighted by molar-refractivity contribution is -0.113. The molecule has 1 N–H and O–H groups in total. The number of para-hydroxylation sites is 1. The molecule has 0 radical (unpaired) electrons. The van der Waals surface area contributed by atoms with Gasteiger partial charge in [0.05, 0.1) is 32.8 Å². The largest absolute Gasteiger partial charge is 0.493 e. The summed E-state index contributed by atoms with van der Waals surface area (Å²) in [7, 11) is 4.61. The molecule has 0 bridgehead atoms. The Kier molecular flexibility index (Phi) is 7.46. The number of benzene rings is 2. The zero-order valence-corrected chi connectivity index (χ0v) is 19.2. The molecule has 1 heterocycles. The van der Waals surface area contributed by atoms with Crippen LogP contribution in [-0.2, 0) is 4.79 Å². The van der Waals surface area contributed by atoms with Gasteiger partial charge in [0.2, 0.25) is 11.7 Å². The molecule has 3 aromatic rings. The Bertz CT molecular complexity index is 1020. The van der Waals surface area contributed by atoms with Gasteiger partial charge in [-0.15, -0.1) is 0 Å². The van der Waals surface area contributed by atoms with Gasteiger partial charge in [0.25, 0.3) is 0 Å². The van der Waals surface area contributed by atoms with Crippen molar-refractivity contribution in [2.45, 2.75) is 24.9 Å². The highest BCUT2D eigenvalue weighted by Gasteiger charge is 2.16. The number of methoxy groups -OCH3 is 3. The molecule has 0 saturated heterocycles. The predicted octanol–water partition coefficient (Wildman–Crippen LogP) is 4.75. The average molecular weight is 442 g/mol. The van der Waals surface area contributed by atoms with Crippen molar-refractivity contribution in [1.29, 1.82) is 0 Å². The van der Waals surface area contributed by atoms with Crippen LogP contribution >= 0.6 is 11.8 Å². The Morgan fingerprint density at radius 2 is 1.77 bits per heavy atom. The minimum absolute atomic E-state index is 0.161. The van der Waals surface area contributed by atoms with E-state index in [1.165, 1.54) is 38.7 Å². The number of hydrogen-bond donors (Lipinski definition) is 1. The zero-order chi connectivity index (χ0) is 22.4. The SMILES string of the molecule is COc1cc(NC(=O)CSc2nccn2-c2ccccc2C(C)C)cc(OC)c1OC. The molecule has 8 heteroatoms. The summed E-state index contributed by atoms with van der Waals surface area (Å²) in [4.78, 5) is 17.0. The third kappa shape index (κ3) is 5.14. The van der Waals surface area contributed by atoms with Crippen LogP contribution in [0.25, 0.3) is 5.69 Å². The number of hydrogen-bond acceptors (Lipinski definition) is 6. The van der Waals surface area contributed by atoms with Crippen LogP contribution in [0.3, 0.4) is 0 Å². The molecule has 0 aliphatic carbocycles. The van der Waals surface area contributed by atoms with Crippen LogP contribution in [-0.4, -0.2) is 42.5 Å². The quantitative estimate of drug-likeness (QED) is 0.483. The summed E-state index contributed by atoms with van der Waals surface area (Å²) in [6, 6.07) is 11.6. The molecule has 0 spiro atoms. The second kappa shape index (κ2) is 10.3. The monoisotopic (exact) mass is 441 g/mol. The number of rotatable bonds is 9. The van der Waals surface area contributed by atoms with E-state index in [0.29, 0.717) is 28.9 Å². The van der Waals surface area contributed by atoms with E-state index in [2.05, 4.69) is 36.3 Å². The second-order valence-electron chi connectivity index (χ2n) is 7.04.